The molecule has 0 bridgehead atoms. The van der Waals surface area contributed by atoms with Crippen LogP contribution in [0.15, 0.2) is 30.6 Å². The Morgan fingerprint density at radius 1 is 1.29 bits per heavy atom. The molecule has 0 unspecified atom stereocenters. The van der Waals surface area contributed by atoms with Gasteiger partial charge in [-0.2, -0.15) is 0 Å². The van der Waals surface area contributed by atoms with Crippen molar-refractivity contribution in [3.63, 3.8) is 0 Å². The Labute approximate surface area is 101 Å². The summed E-state index contributed by atoms with van der Waals surface area (Å²) in [7, 11) is 0. The number of hydrogen-bond acceptors (Lipinski definition) is 3. The van der Waals surface area contributed by atoms with Crippen molar-refractivity contribution >= 4 is 0 Å². The molecule has 0 spiro atoms. The Kier molecular flexibility index (Phi) is 3.75. The van der Waals surface area contributed by atoms with Gasteiger partial charge in [-0.1, -0.05) is 19.1 Å². The lowest BCUT2D eigenvalue weighted by molar-refractivity contribution is 0.317. The van der Waals surface area contributed by atoms with Crippen LogP contribution < -0.4 is 4.74 Å². The number of nitrogens with zero attached hydrogens (tertiary/aromatic N) is 3. The van der Waals surface area contributed by atoms with Crippen molar-refractivity contribution in [2.75, 3.05) is 6.61 Å². The quantitative estimate of drug-likeness (QED) is 0.794. The summed E-state index contributed by atoms with van der Waals surface area (Å²) in [6.45, 7) is 5.77. The fraction of sp³-hybridized carbons (Fsp3) is 0.385. The molecule has 1 heterocycles. The Bertz CT molecular complexity index is 479. The third-order valence-electron chi connectivity index (χ3n) is 2.52. The molecule has 1 aromatic heterocycles. The molecule has 0 aliphatic heterocycles. The third kappa shape index (κ3) is 2.64. The van der Waals surface area contributed by atoms with E-state index < -0.39 is 0 Å². The number of aromatic nitrogens is 3. The van der Waals surface area contributed by atoms with Crippen LogP contribution in [0.4, 0.5) is 0 Å². The van der Waals surface area contributed by atoms with E-state index in [-0.39, 0.29) is 0 Å². The number of ether oxygens (including phenoxy) is 1. The Hall–Kier alpha value is -1.84. The highest BCUT2D eigenvalue weighted by atomic mass is 16.5. The first-order chi connectivity index (χ1) is 8.35. The van der Waals surface area contributed by atoms with Crippen molar-refractivity contribution in [3.8, 4) is 17.1 Å². The summed E-state index contributed by atoms with van der Waals surface area (Å²) in [6.07, 6.45) is 2.75. The molecule has 1 aromatic carbocycles. The van der Waals surface area contributed by atoms with Crippen LogP contribution in [0, 0.1) is 0 Å². The van der Waals surface area contributed by atoms with Gasteiger partial charge >= 0.3 is 0 Å². The summed E-state index contributed by atoms with van der Waals surface area (Å²) < 4.78 is 7.62. The van der Waals surface area contributed by atoms with E-state index >= 15 is 0 Å². The van der Waals surface area contributed by atoms with Gasteiger partial charge in [-0.25, -0.2) is 0 Å². The van der Waals surface area contributed by atoms with Crippen LogP contribution in [0.25, 0.3) is 11.4 Å². The predicted molar refractivity (Wildman–Crippen MR) is 66.9 cm³/mol. The first-order valence-corrected chi connectivity index (χ1v) is 5.96. The molecule has 0 saturated carbocycles. The van der Waals surface area contributed by atoms with Gasteiger partial charge in [0.1, 0.15) is 12.1 Å². The second-order valence-corrected chi connectivity index (χ2v) is 3.82. The topological polar surface area (TPSA) is 39.9 Å². The second kappa shape index (κ2) is 5.48. The van der Waals surface area contributed by atoms with E-state index in [1.54, 1.807) is 6.33 Å². The zero-order chi connectivity index (χ0) is 12.1. The van der Waals surface area contributed by atoms with Crippen LogP contribution in [0.1, 0.15) is 20.3 Å². The fourth-order valence-electron chi connectivity index (χ4n) is 1.65. The minimum absolute atomic E-state index is 0.740. The lowest BCUT2D eigenvalue weighted by atomic mass is 10.2. The molecule has 17 heavy (non-hydrogen) atoms. The zero-order valence-corrected chi connectivity index (χ0v) is 10.3. The molecule has 0 N–H and O–H groups in total. The van der Waals surface area contributed by atoms with Gasteiger partial charge in [0, 0.05) is 12.1 Å². The summed E-state index contributed by atoms with van der Waals surface area (Å²) in [5, 5.41) is 8.07. The monoisotopic (exact) mass is 231 g/mol. The summed E-state index contributed by atoms with van der Waals surface area (Å²) in [5.41, 5.74) is 1.04. The maximum Gasteiger partial charge on any atom is 0.163 e. The molecule has 4 nitrogen and oxygen atoms in total. The maximum atomic E-state index is 5.61. The average Bonchev–Trinajstić information content (AvgIpc) is 2.85. The first kappa shape index (κ1) is 11.6. The van der Waals surface area contributed by atoms with Crippen molar-refractivity contribution in [2.45, 2.75) is 26.8 Å². The standard InChI is InChI=1S/C13H17N3O/c1-3-8-17-12-7-5-6-11(9-12)13-15-14-10-16(13)4-2/h5-7,9-10H,3-4,8H2,1-2H3. The highest BCUT2D eigenvalue weighted by Gasteiger charge is 2.06. The molecule has 90 valence electrons. The van der Waals surface area contributed by atoms with Crippen molar-refractivity contribution in [1.82, 2.24) is 14.8 Å². The summed E-state index contributed by atoms with van der Waals surface area (Å²) >= 11 is 0. The smallest absolute Gasteiger partial charge is 0.163 e. The number of aryl methyl sites for hydroxylation is 1. The molecule has 2 rings (SSSR count). The lowest BCUT2D eigenvalue weighted by Crippen LogP contribution is -1.98. The number of hydrogen-bond donors (Lipinski definition) is 0. The van der Waals surface area contributed by atoms with E-state index in [4.69, 9.17) is 4.74 Å². The first-order valence-electron chi connectivity index (χ1n) is 5.96. The van der Waals surface area contributed by atoms with Crippen molar-refractivity contribution in [3.05, 3.63) is 30.6 Å². The molecule has 0 aliphatic rings. The minimum Gasteiger partial charge on any atom is -0.494 e. The Balaban J connectivity index is 2.26. The van der Waals surface area contributed by atoms with E-state index in [2.05, 4.69) is 24.0 Å². The van der Waals surface area contributed by atoms with Crippen LogP contribution in [-0.2, 0) is 6.54 Å². The fourth-order valence-corrected chi connectivity index (χ4v) is 1.65. The lowest BCUT2D eigenvalue weighted by Gasteiger charge is -2.07. The van der Waals surface area contributed by atoms with Crippen LogP contribution in [0.5, 0.6) is 5.75 Å². The van der Waals surface area contributed by atoms with Gasteiger partial charge in [0.2, 0.25) is 0 Å². The minimum atomic E-state index is 0.740. The predicted octanol–water partition coefficient (Wildman–Crippen LogP) is 2.75. The second-order valence-electron chi connectivity index (χ2n) is 3.82. The van der Waals surface area contributed by atoms with Crippen molar-refractivity contribution < 1.29 is 4.74 Å². The SMILES string of the molecule is CCCOc1cccc(-c2nncn2CC)c1. The van der Waals surface area contributed by atoms with Crippen molar-refractivity contribution in [2.24, 2.45) is 0 Å². The molecule has 4 heteroatoms. The normalized spacial score (nSPS) is 10.5. The highest BCUT2D eigenvalue weighted by molar-refractivity contribution is 5.57. The highest BCUT2D eigenvalue weighted by Crippen LogP contribution is 2.22. The maximum absolute atomic E-state index is 5.61. The molecule has 0 fully saturated rings. The van der Waals surface area contributed by atoms with Gasteiger partial charge in [0.15, 0.2) is 5.82 Å². The van der Waals surface area contributed by atoms with Crippen LogP contribution in [-0.4, -0.2) is 21.4 Å². The molecule has 2 aromatic rings. The molecule has 0 atom stereocenters. The van der Waals surface area contributed by atoms with Crippen molar-refractivity contribution in [1.29, 1.82) is 0 Å². The van der Waals surface area contributed by atoms with Gasteiger partial charge in [-0.15, -0.1) is 10.2 Å². The number of rotatable bonds is 5. The van der Waals surface area contributed by atoms with Gasteiger partial charge < -0.3 is 9.30 Å². The van der Waals surface area contributed by atoms with Crippen LogP contribution in [0.2, 0.25) is 0 Å². The molecular weight excluding hydrogens is 214 g/mol. The van der Waals surface area contributed by atoms with Crippen LogP contribution in [0.3, 0.4) is 0 Å². The van der Waals surface area contributed by atoms with Gasteiger partial charge in [0.25, 0.3) is 0 Å². The van der Waals surface area contributed by atoms with E-state index in [9.17, 15) is 0 Å². The van der Waals surface area contributed by atoms with E-state index in [1.165, 1.54) is 0 Å². The molecule has 0 saturated heterocycles. The largest absolute Gasteiger partial charge is 0.494 e. The molecule has 0 radical (unpaired) electrons. The Morgan fingerprint density at radius 2 is 2.18 bits per heavy atom. The van der Waals surface area contributed by atoms with Gasteiger partial charge in [0.05, 0.1) is 6.61 Å². The summed E-state index contributed by atoms with van der Waals surface area (Å²) in [5.74, 6) is 1.77. The third-order valence-corrected chi connectivity index (χ3v) is 2.52. The summed E-state index contributed by atoms with van der Waals surface area (Å²) in [4.78, 5) is 0. The van der Waals surface area contributed by atoms with E-state index in [1.807, 2.05) is 28.8 Å². The van der Waals surface area contributed by atoms with Crippen LogP contribution >= 0.6 is 0 Å². The summed E-state index contributed by atoms with van der Waals surface area (Å²) in [6, 6.07) is 7.97. The van der Waals surface area contributed by atoms with Gasteiger partial charge in [-0.3, -0.25) is 0 Å². The molecule has 0 aliphatic carbocycles. The average molecular weight is 231 g/mol. The molecule has 0 amide bonds. The Morgan fingerprint density at radius 3 is 2.94 bits per heavy atom. The molecular formula is C13H17N3O. The van der Waals surface area contributed by atoms with Gasteiger partial charge in [-0.05, 0) is 25.5 Å². The number of benzene rings is 1. The van der Waals surface area contributed by atoms with E-state index in [0.29, 0.717) is 0 Å². The van der Waals surface area contributed by atoms with E-state index in [0.717, 1.165) is 36.7 Å². The zero-order valence-electron chi connectivity index (χ0n) is 10.3.